The Labute approximate surface area is 47.5 Å². The van der Waals surface area contributed by atoms with Gasteiger partial charge in [-0.2, -0.15) is 11.8 Å². The van der Waals surface area contributed by atoms with E-state index in [4.69, 9.17) is 5.73 Å². The molecule has 0 bridgehead atoms. The summed E-state index contributed by atoms with van der Waals surface area (Å²) >= 11 is 1.54. The van der Waals surface area contributed by atoms with Crippen LogP contribution in [0.25, 0.3) is 0 Å². The molecule has 3 heteroatoms. The Hall–Kier alpha value is -0.180. The van der Waals surface area contributed by atoms with Gasteiger partial charge < -0.3 is 5.73 Å². The van der Waals surface area contributed by atoms with Gasteiger partial charge in [0.05, 0.1) is 5.75 Å². The molecule has 0 atom stereocenters. The van der Waals surface area contributed by atoms with Crippen LogP contribution >= 0.6 is 11.8 Å². The normalized spacial score (nSPS) is 8.71. The Bertz CT molecular complexity index is 64.7. The van der Waals surface area contributed by atoms with Gasteiger partial charge in [-0.15, -0.1) is 0 Å². The molecule has 0 unspecified atom stereocenters. The van der Waals surface area contributed by atoms with Gasteiger partial charge in [-0.3, -0.25) is 4.79 Å². The lowest BCUT2D eigenvalue weighted by molar-refractivity contribution is -0.115. The molecule has 7 heavy (non-hydrogen) atoms. The molecule has 2 N–H and O–H groups in total. The number of primary amides is 1. The number of carbonyl (C=O) groups excluding carboxylic acids is 1. The summed E-state index contributed by atoms with van der Waals surface area (Å²) in [6, 6.07) is 0. The molecule has 42 valence electrons. The molecule has 0 spiro atoms. The van der Waals surface area contributed by atoms with Crippen LogP contribution in [0.15, 0.2) is 0 Å². The molecule has 1 amide bonds. The number of hydrogen-bond acceptors (Lipinski definition) is 2. The van der Waals surface area contributed by atoms with Crippen molar-refractivity contribution in [2.45, 2.75) is 6.92 Å². The Morgan fingerprint density at radius 2 is 2.43 bits per heavy atom. The summed E-state index contributed by atoms with van der Waals surface area (Å²) in [4.78, 5) is 9.96. The Balaban J connectivity index is 2.82. The fourth-order valence-electron chi connectivity index (χ4n) is 0.203. The highest BCUT2D eigenvalue weighted by Crippen LogP contribution is 1.94. The first-order chi connectivity index (χ1) is 3.27. The molecule has 0 saturated carbocycles. The van der Waals surface area contributed by atoms with E-state index < -0.39 is 0 Å². The summed E-state index contributed by atoms with van der Waals surface area (Å²) in [6.45, 7) is 1.99. The van der Waals surface area contributed by atoms with Crippen molar-refractivity contribution in [1.29, 1.82) is 0 Å². The Kier molecular flexibility index (Phi) is 3.89. The number of amides is 1. The maximum atomic E-state index is 9.96. The number of hydrogen-bond donors (Lipinski definition) is 1. The maximum Gasteiger partial charge on any atom is 0.227 e. The van der Waals surface area contributed by atoms with Gasteiger partial charge in [0.2, 0.25) is 5.91 Å². The summed E-state index contributed by atoms with van der Waals surface area (Å²) < 4.78 is 0. The van der Waals surface area contributed by atoms with Crippen molar-refractivity contribution in [3.8, 4) is 0 Å². The van der Waals surface area contributed by atoms with E-state index in [0.29, 0.717) is 5.75 Å². The van der Waals surface area contributed by atoms with Gasteiger partial charge in [-0.25, -0.2) is 0 Å². The van der Waals surface area contributed by atoms with Gasteiger partial charge in [0.1, 0.15) is 0 Å². The summed E-state index contributed by atoms with van der Waals surface area (Å²) in [6.07, 6.45) is 0. The van der Waals surface area contributed by atoms with Crippen LogP contribution in [0.2, 0.25) is 0 Å². The molecule has 0 aliphatic carbocycles. The minimum Gasteiger partial charge on any atom is -0.369 e. The Morgan fingerprint density at radius 1 is 1.86 bits per heavy atom. The number of nitrogens with two attached hydrogens (primary N) is 1. The lowest BCUT2D eigenvalue weighted by Gasteiger charge is -1.87. The molecule has 0 aliphatic rings. The molecule has 0 rings (SSSR count). The smallest absolute Gasteiger partial charge is 0.227 e. The highest BCUT2D eigenvalue weighted by molar-refractivity contribution is 7.99. The average molecular weight is 119 g/mol. The maximum absolute atomic E-state index is 9.96. The standard InChI is InChI=1S/C4H9NOS/c1-2-7-3-4(5)6/h2-3H2,1H3,(H2,5,6). The fourth-order valence-corrected chi connectivity index (χ4v) is 0.608. The first-order valence-electron chi connectivity index (χ1n) is 2.13. The van der Waals surface area contributed by atoms with Crippen molar-refractivity contribution < 1.29 is 4.79 Å². The number of rotatable bonds is 3. The monoisotopic (exact) mass is 119 g/mol. The third kappa shape index (κ3) is 5.82. The highest BCUT2D eigenvalue weighted by Gasteiger charge is 1.88. The first-order valence-corrected chi connectivity index (χ1v) is 3.29. The minimum absolute atomic E-state index is 0.230. The van der Waals surface area contributed by atoms with Gasteiger partial charge in [-0.05, 0) is 5.75 Å². The minimum atomic E-state index is -0.230. The van der Waals surface area contributed by atoms with Crippen LogP contribution in [0, 0.1) is 0 Å². The van der Waals surface area contributed by atoms with Crippen LogP contribution in [0.4, 0.5) is 0 Å². The van der Waals surface area contributed by atoms with E-state index in [1.165, 1.54) is 0 Å². The SMILES string of the molecule is CCSCC(N)=O. The fraction of sp³-hybridized carbons (Fsp3) is 0.750. The zero-order valence-electron chi connectivity index (χ0n) is 4.31. The molecular weight excluding hydrogens is 110 g/mol. The van der Waals surface area contributed by atoms with E-state index in [0.717, 1.165) is 5.75 Å². The second-order valence-electron chi connectivity index (χ2n) is 1.10. The van der Waals surface area contributed by atoms with Gasteiger partial charge in [0.15, 0.2) is 0 Å². The molecule has 2 nitrogen and oxygen atoms in total. The average Bonchev–Trinajstić information content (AvgIpc) is 1.61. The van der Waals surface area contributed by atoms with Crippen molar-refractivity contribution >= 4 is 17.7 Å². The third-order valence-corrected chi connectivity index (χ3v) is 1.35. The van der Waals surface area contributed by atoms with Crippen molar-refractivity contribution in [1.82, 2.24) is 0 Å². The van der Waals surface area contributed by atoms with Gasteiger partial charge in [0.25, 0.3) is 0 Å². The first kappa shape index (κ1) is 6.82. The van der Waals surface area contributed by atoms with Gasteiger partial charge in [0, 0.05) is 0 Å². The topological polar surface area (TPSA) is 43.1 Å². The number of thioether (sulfide) groups is 1. The second kappa shape index (κ2) is 3.99. The predicted octanol–water partition coefficient (Wildman–Crippen LogP) is 0.225. The second-order valence-corrected chi connectivity index (χ2v) is 2.38. The zero-order chi connectivity index (χ0) is 5.70. The molecule has 0 aliphatic heterocycles. The molecule has 0 radical (unpaired) electrons. The van der Waals surface area contributed by atoms with Crippen LogP contribution < -0.4 is 5.73 Å². The van der Waals surface area contributed by atoms with Crippen molar-refractivity contribution in [3.05, 3.63) is 0 Å². The van der Waals surface area contributed by atoms with E-state index in [9.17, 15) is 4.79 Å². The van der Waals surface area contributed by atoms with Crippen LogP contribution in [0.1, 0.15) is 6.92 Å². The van der Waals surface area contributed by atoms with Crippen LogP contribution in [0.5, 0.6) is 0 Å². The van der Waals surface area contributed by atoms with Crippen LogP contribution in [0.3, 0.4) is 0 Å². The largest absolute Gasteiger partial charge is 0.369 e. The van der Waals surface area contributed by atoms with Crippen molar-refractivity contribution in [3.63, 3.8) is 0 Å². The summed E-state index contributed by atoms with van der Waals surface area (Å²) in [5.74, 6) is 1.19. The zero-order valence-corrected chi connectivity index (χ0v) is 5.12. The lowest BCUT2D eigenvalue weighted by atomic mass is 10.8. The van der Waals surface area contributed by atoms with E-state index >= 15 is 0 Å². The van der Waals surface area contributed by atoms with Crippen molar-refractivity contribution in [2.24, 2.45) is 5.73 Å². The summed E-state index contributed by atoms with van der Waals surface area (Å²) in [5, 5.41) is 0. The quantitative estimate of drug-likeness (QED) is 0.577. The van der Waals surface area contributed by atoms with E-state index in [1.807, 2.05) is 6.92 Å². The third-order valence-electron chi connectivity index (χ3n) is 0.448. The van der Waals surface area contributed by atoms with Crippen LogP contribution in [-0.4, -0.2) is 17.4 Å². The molecule has 0 fully saturated rings. The van der Waals surface area contributed by atoms with E-state index in [2.05, 4.69) is 0 Å². The van der Waals surface area contributed by atoms with Crippen molar-refractivity contribution in [2.75, 3.05) is 11.5 Å². The molecule has 0 heterocycles. The molecule has 0 aromatic heterocycles. The van der Waals surface area contributed by atoms with E-state index in [-0.39, 0.29) is 5.91 Å². The van der Waals surface area contributed by atoms with E-state index in [1.54, 1.807) is 11.8 Å². The van der Waals surface area contributed by atoms with Crippen LogP contribution in [-0.2, 0) is 4.79 Å². The molecule has 0 aromatic carbocycles. The van der Waals surface area contributed by atoms with Gasteiger partial charge >= 0.3 is 0 Å². The lowest BCUT2D eigenvalue weighted by Crippen LogP contribution is -2.13. The summed E-state index contributed by atoms with van der Waals surface area (Å²) in [7, 11) is 0. The predicted molar refractivity (Wildman–Crippen MR) is 32.2 cm³/mol. The molecular formula is C4H9NOS. The summed E-state index contributed by atoms with van der Waals surface area (Å²) in [5.41, 5.74) is 4.82. The molecule has 0 saturated heterocycles. The number of carbonyl (C=O) groups is 1. The van der Waals surface area contributed by atoms with Gasteiger partial charge in [-0.1, -0.05) is 6.92 Å². The Morgan fingerprint density at radius 3 is 2.57 bits per heavy atom. The molecule has 0 aromatic rings. The highest BCUT2D eigenvalue weighted by atomic mass is 32.2.